The quantitative estimate of drug-likeness (QED) is 0.601. The van der Waals surface area contributed by atoms with Gasteiger partial charge >= 0.3 is 6.18 Å². The molecule has 0 N–H and O–H groups in total. The van der Waals surface area contributed by atoms with Crippen molar-refractivity contribution in [3.05, 3.63) is 59.2 Å². The monoisotopic (exact) mass is 419 g/mol. The van der Waals surface area contributed by atoms with Gasteiger partial charge in [0.15, 0.2) is 0 Å². The van der Waals surface area contributed by atoms with Gasteiger partial charge in [-0.3, -0.25) is 4.79 Å². The van der Waals surface area contributed by atoms with E-state index in [4.69, 9.17) is 4.74 Å². The zero-order valence-corrected chi connectivity index (χ0v) is 17.8. The molecule has 2 aromatic rings. The minimum Gasteiger partial charge on any atom is -0.375 e. The number of fused-ring (bicyclic) bond motifs is 1. The molecule has 0 saturated carbocycles. The maximum Gasteiger partial charge on any atom is 0.416 e. The zero-order valence-electron chi connectivity index (χ0n) is 17.8. The molecular formula is C24H28F3NO2. The summed E-state index contributed by atoms with van der Waals surface area (Å²) in [6.45, 7) is 5.09. The molecule has 30 heavy (non-hydrogen) atoms. The molecule has 0 aromatic heterocycles. The van der Waals surface area contributed by atoms with Crippen LogP contribution in [0.1, 0.15) is 48.8 Å². The lowest BCUT2D eigenvalue weighted by Crippen LogP contribution is -2.31. The molecular weight excluding hydrogens is 391 g/mol. The molecule has 1 aliphatic carbocycles. The van der Waals surface area contributed by atoms with Crippen LogP contribution in [0.2, 0.25) is 0 Å². The van der Waals surface area contributed by atoms with Crippen molar-refractivity contribution in [2.45, 2.75) is 38.3 Å². The smallest absolute Gasteiger partial charge is 0.375 e. The first-order valence-electron chi connectivity index (χ1n) is 10.2. The number of amides is 1. The molecule has 2 unspecified atom stereocenters. The molecule has 1 amide bonds. The lowest BCUT2D eigenvalue weighted by molar-refractivity contribution is -0.137. The van der Waals surface area contributed by atoms with Crippen molar-refractivity contribution in [3.63, 3.8) is 0 Å². The predicted molar refractivity (Wildman–Crippen MR) is 111 cm³/mol. The summed E-state index contributed by atoms with van der Waals surface area (Å²) in [5.74, 6) is 0.905. The molecule has 0 bridgehead atoms. The maximum absolute atomic E-state index is 12.9. The van der Waals surface area contributed by atoms with Gasteiger partial charge in [0.05, 0.1) is 5.56 Å². The highest BCUT2D eigenvalue weighted by molar-refractivity contribution is 5.77. The van der Waals surface area contributed by atoms with Crippen LogP contribution >= 0.6 is 0 Å². The van der Waals surface area contributed by atoms with E-state index in [2.05, 4.69) is 19.9 Å². The number of carbonyl (C=O) groups is 1. The van der Waals surface area contributed by atoms with Crippen LogP contribution in [0.3, 0.4) is 0 Å². The zero-order chi connectivity index (χ0) is 22.1. The number of halogens is 3. The summed E-state index contributed by atoms with van der Waals surface area (Å²) in [5, 5.41) is 0. The predicted octanol–water partition coefficient (Wildman–Crippen LogP) is 5.70. The van der Waals surface area contributed by atoms with E-state index < -0.39 is 11.7 Å². The number of rotatable bonds is 6. The summed E-state index contributed by atoms with van der Waals surface area (Å²) in [5.41, 5.74) is 3.60. The first-order valence-corrected chi connectivity index (χ1v) is 10.2. The van der Waals surface area contributed by atoms with Crippen LogP contribution in [0.15, 0.2) is 42.5 Å². The molecule has 0 radical (unpaired) electrons. The van der Waals surface area contributed by atoms with Crippen LogP contribution in [-0.4, -0.2) is 38.1 Å². The van der Waals surface area contributed by atoms with Gasteiger partial charge in [-0.15, -0.1) is 0 Å². The first-order chi connectivity index (χ1) is 14.1. The fraction of sp³-hybridized carbons (Fsp3) is 0.458. The average molecular weight is 419 g/mol. The molecule has 1 aliphatic rings. The van der Waals surface area contributed by atoms with E-state index in [-0.39, 0.29) is 18.4 Å². The number of hydrogen-bond donors (Lipinski definition) is 0. The fourth-order valence-electron chi connectivity index (χ4n) is 4.51. The summed E-state index contributed by atoms with van der Waals surface area (Å²) in [7, 11) is 3.29. The van der Waals surface area contributed by atoms with E-state index >= 15 is 0 Å². The Morgan fingerprint density at radius 3 is 2.37 bits per heavy atom. The van der Waals surface area contributed by atoms with Gasteiger partial charge in [0.1, 0.15) is 6.61 Å². The van der Waals surface area contributed by atoms with Crippen LogP contribution in [0.5, 0.6) is 0 Å². The molecule has 2 aromatic carbocycles. The van der Waals surface area contributed by atoms with Crippen LogP contribution in [0, 0.1) is 5.92 Å². The highest BCUT2D eigenvalue weighted by Gasteiger charge is 2.37. The van der Waals surface area contributed by atoms with Crippen LogP contribution in [0.4, 0.5) is 13.2 Å². The summed E-state index contributed by atoms with van der Waals surface area (Å²) < 4.78 is 43.7. The van der Waals surface area contributed by atoms with Gasteiger partial charge in [-0.25, -0.2) is 0 Å². The van der Waals surface area contributed by atoms with Crippen LogP contribution < -0.4 is 0 Å². The molecule has 0 heterocycles. The van der Waals surface area contributed by atoms with Crippen molar-refractivity contribution in [2.24, 2.45) is 5.92 Å². The lowest BCUT2D eigenvalue weighted by atomic mass is 9.87. The molecule has 0 aliphatic heterocycles. The van der Waals surface area contributed by atoms with Gasteiger partial charge in [-0.05, 0) is 58.6 Å². The third-order valence-corrected chi connectivity index (χ3v) is 6.41. The largest absolute Gasteiger partial charge is 0.416 e. The number of methoxy groups -OCH3 is 1. The number of benzene rings is 2. The van der Waals surface area contributed by atoms with Gasteiger partial charge < -0.3 is 9.64 Å². The van der Waals surface area contributed by atoms with Crippen LogP contribution in [-0.2, 0) is 15.7 Å². The number of likely N-dealkylation sites (N-methyl/N-ethyl adjacent to an activating group) is 1. The molecule has 0 fully saturated rings. The second-order valence-electron chi connectivity index (χ2n) is 8.17. The normalized spacial score (nSPS) is 20.8. The Kier molecular flexibility index (Phi) is 6.56. The maximum atomic E-state index is 12.9. The number of nitrogens with zero attached hydrogens (tertiary/aromatic N) is 1. The Bertz CT molecular complexity index is 892. The van der Waals surface area contributed by atoms with Crippen molar-refractivity contribution in [3.8, 4) is 11.1 Å². The summed E-state index contributed by atoms with van der Waals surface area (Å²) in [6.07, 6.45) is -3.50. The Hall–Kier alpha value is -2.34. The number of hydrogen-bond acceptors (Lipinski definition) is 2. The highest BCUT2D eigenvalue weighted by atomic mass is 19.4. The second-order valence-corrected chi connectivity index (χ2v) is 8.17. The molecule has 0 saturated heterocycles. The highest BCUT2D eigenvalue weighted by Crippen LogP contribution is 2.51. The second kappa shape index (κ2) is 8.80. The van der Waals surface area contributed by atoms with Crippen molar-refractivity contribution in [1.82, 2.24) is 4.90 Å². The summed E-state index contributed by atoms with van der Waals surface area (Å²) in [4.78, 5) is 13.7. The van der Waals surface area contributed by atoms with E-state index in [1.54, 1.807) is 24.1 Å². The Labute approximate surface area is 175 Å². The van der Waals surface area contributed by atoms with Crippen molar-refractivity contribution in [1.29, 1.82) is 0 Å². The van der Waals surface area contributed by atoms with Crippen molar-refractivity contribution in [2.75, 3.05) is 27.3 Å². The number of alkyl halides is 3. The van der Waals surface area contributed by atoms with E-state index in [9.17, 15) is 18.0 Å². The van der Waals surface area contributed by atoms with E-state index in [1.165, 1.54) is 18.2 Å². The summed E-state index contributed by atoms with van der Waals surface area (Å²) in [6, 6.07) is 11.5. The summed E-state index contributed by atoms with van der Waals surface area (Å²) >= 11 is 0. The number of ether oxygens (including phenoxy) is 1. The third kappa shape index (κ3) is 4.38. The molecule has 6 heteroatoms. The van der Waals surface area contributed by atoms with Crippen molar-refractivity contribution < 1.29 is 22.7 Å². The molecule has 0 spiro atoms. The van der Waals surface area contributed by atoms with E-state index in [1.807, 2.05) is 12.1 Å². The first kappa shape index (κ1) is 22.3. The van der Waals surface area contributed by atoms with E-state index in [0.29, 0.717) is 18.4 Å². The average Bonchev–Trinajstić information content (AvgIpc) is 2.96. The van der Waals surface area contributed by atoms with Crippen LogP contribution in [0.25, 0.3) is 11.1 Å². The van der Waals surface area contributed by atoms with Gasteiger partial charge in [0.25, 0.3) is 0 Å². The minimum absolute atomic E-state index is 0.0464. The molecule has 162 valence electrons. The minimum atomic E-state index is -4.34. The lowest BCUT2D eigenvalue weighted by Gasteiger charge is -2.23. The standard InChI is InChI=1S/C24H28F3NO2/c1-15-16(2)23-20(17-8-10-18(11-9-17)24(25,26)27)6-5-7-21(23)19(15)12-13-28(3)22(29)14-30-4/h5-11,15-16,19H,12-14H2,1-4H3/t15-,16?,19?/m1/s1. The Morgan fingerprint density at radius 1 is 1.10 bits per heavy atom. The van der Waals surface area contributed by atoms with Gasteiger partial charge in [0, 0.05) is 20.7 Å². The topological polar surface area (TPSA) is 29.5 Å². The molecule has 3 nitrogen and oxygen atoms in total. The fourth-order valence-corrected chi connectivity index (χ4v) is 4.51. The SMILES string of the molecule is COCC(=O)N(C)CCC1c2cccc(-c3ccc(C(F)(F)F)cc3)c2C(C)[C@H]1C. The van der Waals surface area contributed by atoms with E-state index in [0.717, 1.165) is 29.7 Å². The van der Waals surface area contributed by atoms with Gasteiger partial charge in [0.2, 0.25) is 5.91 Å². The number of carbonyl (C=O) groups excluding carboxylic acids is 1. The van der Waals surface area contributed by atoms with Crippen molar-refractivity contribution >= 4 is 5.91 Å². The molecule has 3 rings (SSSR count). The van der Waals surface area contributed by atoms with Gasteiger partial charge in [-0.1, -0.05) is 44.2 Å². The Morgan fingerprint density at radius 2 is 1.77 bits per heavy atom. The van der Waals surface area contributed by atoms with Gasteiger partial charge in [-0.2, -0.15) is 13.2 Å². The Balaban J connectivity index is 1.87. The third-order valence-electron chi connectivity index (χ3n) is 6.41. The molecule has 3 atom stereocenters.